The van der Waals surface area contributed by atoms with Gasteiger partial charge in [0.15, 0.2) is 5.82 Å². The summed E-state index contributed by atoms with van der Waals surface area (Å²) in [7, 11) is 0. The van der Waals surface area contributed by atoms with Crippen molar-refractivity contribution >= 4 is 28.9 Å². The summed E-state index contributed by atoms with van der Waals surface area (Å²) in [5.41, 5.74) is 6.73. The van der Waals surface area contributed by atoms with E-state index in [4.69, 9.17) is 33.7 Å². The van der Waals surface area contributed by atoms with Crippen molar-refractivity contribution in [2.75, 3.05) is 18.9 Å². The van der Waals surface area contributed by atoms with Crippen LogP contribution in [0.25, 0.3) is 11.4 Å². The number of rotatable bonds is 2. The van der Waals surface area contributed by atoms with Crippen LogP contribution < -0.4 is 5.73 Å². The molecule has 0 aliphatic carbocycles. The first-order valence-corrected chi connectivity index (χ1v) is 7.38. The molecule has 0 amide bonds. The van der Waals surface area contributed by atoms with Gasteiger partial charge in [0.1, 0.15) is 0 Å². The molecule has 1 aromatic carbocycles. The summed E-state index contributed by atoms with van der Waals surface area (Å²) in [5, 5.41) is 12.7. The van der Waals surface area contributed by atoms with Gasteiger partial charge in [-0.05, 0) is 42.3 Å². The predicted molar refractivity (Wildman–Crippen MR) is 81.4 cm³/mol. The van der Waals surface area contributed by atoms with Crippen LogP contribution in [0.4, 0.5) is 5.69 Å². The zero-order valence-electron chi connectivity index (χ0n) is 11.5. The highest BCUT2D eigenvalue weighted by atomic mass is 35.5. The van der Waals surface area contributed by atoms with E-state index in [2.05, 4.69) is 22.4 Å². The van der Waals surface area contributed by atoms with Crippen LogP contribution in [-0.4, -0.2) is 33.4 Å². The zero-order valence-corrected chi connectivity index (χ0v) is 13.0. The largest absolute Gasteiger partial charge is 0.397 e. The molecule has 0 bridgehead atoms. The molecular formula is C13H15Cl2N5O. The standard InChI is InChI=1S/C13H15Cl2N5O/c1-13(3-2-4-21-7-13)20-12(17-18-19-20)8-5-9(14)11(15)10(16)6-8/h5-6H,2-4,7,16H2,1H3. The second-order valence-electron chi connectivity index (χ2n) is 5.43. The third-order valence-electron chi connectivity index (χ3n) is 3.71. The number of nitrogens with zero attached hydrogens (tertiary/aromatic N) is 4. The van der Waals surface area contributed by atoms with E-state index in [0.29, 0.717) is 28.2 Å². The fourth-order valence-electron chi connectivity index (χ4n) is 2.56. The Morgan fingerprint density at radius 2 is 2.19 bits per heavy atom. The summed E-state index contributed by atoms with van der Waals surface area (Å²) in [6.45, 7) is 3.42. The smallest absolute Gasteiger partial charge is 0.182 e. The molecule has 2 N–H and O–H groups in total. The van der Waals surface area contributed by atoms with E-state index < -0.39 is 0 Å². The first-order chi connectivity index (χ1) is 10.0. The van der Waals surface area contributed by atoms with Gasteiger partial charge in [-0.1, -0.05) is 23.2 Å². The van der Waals surface area contributed by atoms with Gasteiger partial charge in [0.2, 0.25) is 0 Å². The van der Waals surface area contributed by atoms with E-state index in [-0.39, 0.29) is 5.54 Å². The Morgan fingerprint density at radius 3 is 2.86 bits per heavy atom. The van der Waals surface area contributed by atoms with Gasteiger partial charge in [-0.15, -0.1) is 5.10 Å². The van der Waals surface area contributed by atoms with Gasteiger partial charge in [-0.3, -0.25) is 0 Å². The van der Waals surface area contributed by atoms with Gasteiger partial charge in [-0.25, -0.2) is 4.68 Å². The molecule has 8 heteroatoms. The number of tetrazole rings is 1. The van der Waals surface area contributed by atoms with E-state index in [9.17, 15) is 0 Å². The lowest BCUT2D eigenvalue weighted by molar-refractivity contribution is 0.00348. The summed E-state index contributed by atoms with van der Waals surface area (Å²) in [4.78, 5) is 0. The molecule has 1 atom stereocenters. The molecule has 2 aromatic rings. The second-order valence-corrected chi connectivity index (χ2v) is 6.21. The number of nitrogen functional groups attached to an aromatic ring is 1. The molecule has 0 radical (unpaired) electrons. The molecule has 1 fully saturated rings. The van der Waals surface area contributed by atoms with Crippen LogP contribution in [0.5, 0.6) is 0 Å². The van der Waals surface area contributed by atoms with Crippen LogP contribution in [0.15, 0.2) is 12.1 Å². The highest BCUT2D eigenvalue weighted by Crippen LogP contribution is 2.35. The Hall–Kier alpha value is -1.37. The summed E-state index contributed by atoms with van der Waals surface area (Å²) in [6.07, 6.45) is 1.92. The Kier molecular flexibility index (Phi) is 3.77. The minimum atomic E-state index is -0.280. The minimum absolute atomic E-state index is 0.280. The number of aromatic nitrogens is 4. The highest BCUT2D eigenvalue weighted by molar-refractivity contribution is 6.43. The molecule has 112 valence electrons. The Morgan fingerprint density at radius 1 is 1.38 bits per heavy atom. The molecule has 21 heavy (non-hydrogen) atoms. The van der Waals surface area contributed by atoms with Gasteiger partial charge in [0.05, 0.1) is 27.9 Å². The lowest BCUT2D eigenvalue weighted by atomic mass is 9.94. The maximum absolute atomic E-state index is 6.09. The van der Waals surface area contributed by atoms with Crippen molar-refractivity contribution in [2.45, 2.75) is 25.3 Å². The van der Waals surface area contributed by atoms with E-state index in [1.807, 2.05) is 0 Å². The number of nitrogens with two attached hydrogens (primary N) is 1. The monoisotopic (exact) mass is 327 g/mol. The van der Waals surface area contributed by atoms with Crippen molar-refractivity contribution in [2.24, 2.45) is 0 Å². The molecule has 1 saturated heterocycles. The molecule has 1 aliphatic rings. The first-order valence-electron chi connectivity index (χ1n) is 6.63. The Labute approximate surface area is 132 Å². The summed E-state index contributed by atoms with van der Waals surface area (Å²) >= 11 is 12.1. The molecule has 2 heterocycles. The highest BCUT2D eigenvalue weighted by Gasteiger charge is 2.33. The maximum Gasteiger partial charge on any atom is 0.182 e. The average Bonchev–Trinajstić information content (AvgIpc) is 2.95. The van der Waals surface area contributed by atoms with Gasteiger partial charge in [0.25, 0.3) is 0 Å². The lowest BCUT2D eigenvalue weighted by Gasteiger charge is -2.33. The number of benzene rings is 1. The average molecular weight is 328 g/mol. The number of hydrogen-bond acceptors (Lipinski definition) is 5. The molecule has 1 aromatic heterocycles. The van der Waals surface area contributed by atoms with Crippen molar-refractivity contribution < 1.29 is 4.74 Å². The van der Waals surface area contributed by atoms with Gasteiger partial charge in [0, 0.05) is 12.2 Å². The molecular weight excluding hydrogens is 313 g/mol. The SMILES string of the molecule is CC1(n2nnnc2-c2cc(N)c(Cl)c(Cl)c2)CCCOC1. The maximum atomic E-state index is 6.09. The normalized spacial score (nSPS) is 22.4. The first kappa shape index (κ1) is 14.6. The summed E-state index contributed by atoms with van der Waals surface area (Å²) in [6, 6.07) is 3.44. The van der Waals surface area contributed by atoms with Crippen LogP contribution in [0, 0.1) is 0 Å². The third-order valence-corrected chi connectivity index (χ3v) is 4.53. The number of ether oxygens (including phenoxy) is 1. The second kappa shape index (κ2) is 5.44. The lowest BCUT2D eigenvalue weighted by Crippen LogP contribution is -2.40. The fourth-order valence-corrected chi connectivity index (χ4v) is 2.89. The quantitative estimate of drug-likeness (QED) is 0.858. The molecule has 3 rings (SSSR count). The number of hydrogen-bond donors (Lipinski definition) is 1. The van der Waals surface area contributed by atoms with Crippen LogP contribution in [-0.2, 0) is 10.3 Å². The minimum Gasteiger partial charge on any atom is -0.397 e. The van der Waals surface area contributed by atoms with Crippen LogP contribution >= 0.6 is 23.2 Å². The van der Waals surface area contributed by atoms with Crippen LogP contribution in [0.2, 0.25) is 10.0 Å². The van der Waals surface area contributed by atoms with Crippen molar-refractivity contribution in [3.8, 4) is 11.4 Å². The van der Waals surface area contributed by atoms with Gasteiger partial charge < -0.3 is 10.5 Å². The van der Waals surface area contributed by atoms with Crippen molar-refractivity contribution in [3.63, 3.8) is 0 Å². The molecule has 0 spiro atoms. The number of halogens is 2. The van der Waals surface area contributed by atoms with E-state index >= 15 is 0 Å². The third kappa shape index (κ3) is 2.59. The molecule has 1 aliphatic heterocycles. The van der Waals surface area contributed by atoms with Crippen LogP contribution in [0.3, 0.4) is 0 Å². The molecule has 6 nitrogen and oxygen atoms in total. The van der Waals surface area contributed by atoms with E-state index in [1.54, 1.807) is 16.8 Å². The molecule has 0 saturated carbocycles. The Balaban J connectivity index is 2.07. The van der Waals surface area contributed by atoms with Crippen molar-refractivity contribution in [3.05, 3.63) is 22.2 Å². The summed E-state index contributed by atoms with van der Waals surface area (Å²) in [5.74, 6) is 0.605. The van der Waals surface area contributed by atoms with Gasteiger partial charge in [-0.2, -0.15) is 0 Å². The number of anilines is 1. The summed E-state index contributed by atoms with van der Waals surface area (Å²) < 4.78 is 7.36. The zero-order chi connectivity index (χ0) is 15.0. The molecule has 1 unspecified atom stereocenters. The van der Waals surface area contributed by atoms with Crippen LogP contribution in [0.1, 0.15) is 19.8 Å². The van der Waals surface area contributed by atoms with E-state index in [0.717, 1.165) is 25.0 Å². The van der Waals surface area contributed by atoms with Gasteiger partial charge >= 0.3 is 0 Å². The predicted octanol–water partition coefficient (Wildman–Crippen LogP) is 2.75. The topological polar surface area (TPSA) is 78.9 Å². The van der Waals surface area contributed by atoms with Crippen molar-refractivity contribution in [1.29, 1.82) is 0 Å². The van der Waals surface area contributed by atoms with E-state index in [1.165, 1.54) is 0 Å². The fraction of sp³-hybridized carbons (Fsp3) is 0.462. The van der Waals surface area contributed by atoms with Crippen molar-refractivity contribution in [1.82, 2.24) is 20.2 Å². The Bertz CT molecular complexity index is 643.